The van der Waals surface area contributed by atoms with Gasteiger partial charge in [0.1, 0.15) is 0 Å². The van der Waals surface area contributed by atoms with Crippen LogP contribution in [0.5, 0.6) is 0 Å². The molecule has 0 fully saturated rings. The molecule has 0 aromatic carbocycles. The predicted molar refractivity (Wildman–Crippen MR) is 55.5 cm³/mol. The molecule has 0 atom stereocenters. The smallest absolute Gasteiger partial charge is 0.0107 e. The van der Waals surface area contributed by atoms with E-state index in [1.807, 2.05) is 0 Å². The van der Waals surface area contributed by atoms with E-state index < -0.39 is 0 Å². The van der Waals surface area contributed by atoms with Crippen molar-refractivity contribution < 1.29 is 0 Å². The van der Waals surface area contributed by atoms with Gasteiger partial charge in [-0.15, -0.1) is 0 Å². The summed E-state index contributed by atoms with van der Waals surface area (Å²) in [5.74, 6) is 0. The Morgan fingerprint density at radius 1 is 1.38 bits per heavy atom. The van der Waals surface area contributed by atoms with Crippen molar-refractivity contribution in [2.24, 2.45) is 7.05 Å². The van der Waals surface area contributed by atoms with Crippen LogP contribution in [0.1, 0.15) is 18.4 Å². The zero-order valence-corrected chi connectivity index (χ0v) is 8.09. The molecule has 0 radical (unpaired) electrons. The number of nitrogens with one attached hydrogen (secondary N) is 1. The molecule has 1 aromatic rings. The number of aryl methyl sites for hydroxylation is 1. The maximum Gasteiger partial charge on any atom is 0.0107 e. The van der Waals surface area contributed by atoms with Gasteiger partial charge in [0, 0.05) is 19.4 Å². The first-order chi connectivity index (χ1) is 6.36. The fourth-order valence-electron chi connectivity index (χ4n) is 1.75. The van der Waals surface area contributed by atoms with Gasteiger partial charge in [0.2, 0.25) is 0 Å². The Kier molecular flexibility index (Phi) is 2.50. The first-order valence-electron chi connectivity index (χ1n) is 4.88. The van der Waals surface area contributed by atoms with Crippen LogP contribution in [0.3, 0.4) is 0 Å². The molecule has 0 aliphatic carbocycles. The van der Waals surface area contributed by atoms with Crippen LogP contribution >= 0.6 is 0 Å². The van der Waals surface area contributed by atoms with Gasteiger partial charge < -0.3 is 9.88 Å². The Balaban J connectivity index is 2.19. The lowest BCUT2D eigenvalue weighted by Crippen LogP contribution is -2.13. The fourth-order valence-corrected chi connectivity index (χ4v) is 1.75. The molecule has 1 aliphatic heterocycles. The minimum absolute atomic E-state index is 1.11. The van der Waals surface area contributed by atoms with E-state index in [9.17, 15) is 0 Å². The molecule has 0 amide bonds. The van der Waals surface area contributed by atoms with Crippen LogP contribution in [-0.4, -0.2) is 17.7 Å². The maximum absolute atomic E-state index is 3.39. The van der Waals surface area contributed by atoms with Gasteiger partial charge in [-0.25, -0.2) is 0 Å². The minimum Gasteiger partial charge on any atom is -0.357 e. The second kappa shape index (κ2) is 3.79. The van der Waals surface area contributed by atoms with Crippen molar-refractivity contribution in [1.29, 1.82) is 0 Å². The van der Waals surface area contributed by atoms with Crippen LogP contribution < -0.4 is 5.32 Å². The molecule has 2 rings (SSSR count). The number of aromatic nitrogens is 1. The number of nitrogens with zero attached hydrogens (tertiary/aromatic N) is 1. The normalized spacial score (nSPS) is 18.1. The molecule has 2 nitrogen and oxygen atoms in total. The first kappa shape index (κ1) is 8.57. The average Bonchev–Trinajstić information content (AvgIpc) is 2.43. The summed E-state index contributed by atoms with van der Waals surface area (Å²) in [5.41, 5.74) is 2.87. The Bertz CT molecular complexity index is 310. The van der Waals surface area contributed by atoms with Gasteiger partial charge >= 0.3 is 0 Å². The number of rotatable bonds is 1. The SMILES string of the molecule is Cn1ccc(C2=CCCNCC2)c1. The third-order valence-corrected chi connectivity index (χ3v) is 2.49. The standard InChI is InChI=1S/C11H16N2/c1-13-8-5-11(9-13)10-3-2-6-12-7-4-10/h3,5,8-9,12H,2,4,6-7H2,1H3. The summed E-state index contributed by atoms with van der Waals surface area (Å²) < 4.78 is 2.11. The van der Waals surface area contributed by atoms with Gasteiger partial charge in [0.25, 0.3) is 0 Å². The van der Waals surface area contributed by atoms with Gasteiger partial charge in [0.05, 0.1) is 0 Å². The van der Waals surface area contributed by atoms with Crippen molar-refractivity contribution in [3.8, 4) is 0 Å². The lowest BCUT2D eigenvalue weighted by molar-refractivity contribution is 0.718. The van der Waals surface area contributed by atoms with E-state index in [-0.39, 0.29) is 0 Å². The highest BCUT2D eigenvalue weighted by Gasteiger charge is 2.04. The summed E-state index contributed by atoms with van der Waals surface area (Å²) >= 11 is 0. The van der Waals surface area contributed by atoms with Gasteiger partial charge in [0.15, 0.2) is 0 Å². The molecular weight excluding hydrogens is 160 g/mol. The van der Waals surface area contributed by atoms with Crippen LogP contribution in [0.15, 0.2) is 24.5 Å². The molecule has 0 unspecified atom stereocenters. The molecule has 0 bridgehead atoms. The lowest BCUT2D eigenvalue weighted by Gasteiger charge is -2.01. The largest absolute Gasteiger partial charge is 0.357 e. The second-order valence-corrected chi connectivity index (χ2v) is 3.58. The van der Waals surface area contributed by atoms with Gasteiger partial charge in [-0.3, -0.25) is 0 Å². The van der Waals surface area contributed by atoms with E-state index in [0.717, 1.165) is 25.9 Å². The molecular formula is C11H16N2. The molecule has 0 saturated carbocycles. The van der Waals surface area contributed by atoms with E-state index in [0.29, 0.717) is 0 Å². The summed E-state index contributed by atoms with van der Waals surface area (Å²) in [6, 6.07) is 2.19. The van der Waals surface area contributed by atoms with Crippen LogP contribution in [0.2, 0.25) is 0 Å². The quantitative estimate of drug-likeness (QED) is 0.690. The average molecular weight is 176 g/mol. The number of hydrogen-bond donors (Lipinski definition) is 1. The molecule has 70 valence electrons. The van der Waals surface area contributed by atoms with E-state index in [2.05, 4.69) is 41.5 Å². The third-order valence-electron chi connectivity index (χ3n) is 2.49. The molecule has 2 heterocycles. The van der Waals surface area contributed by atoms with E-state index in [1.165, 1.54) is 11.1 Å². The number of hydrogen-bond acceptors (Lipinski definition) is 1. The summed E-state index contributed by atoms with van der Waals surface area (Å²) in [7, 11) is 2.07. The summed E-state index contributed by atoms with van der Waals surface area (Å²) in [5, 5.41) is 3.39. The maximum atomic E-state index is 3.39. The molecule has 1 N–H and O–H groups in total. The predicted octanol–water partition coefficient (Wildman–Crippen LogP) is 1.79. The zero-order chi connectivity index (χ0) is 9.10. The van der Waals surface area contributed by atoms with Crippen LogP contribution in [-0.2, 0) is 7.05 Å². The minimum atomic E-state index is 1.11. The Morgan fingerprint density at radius 3 is 3.08 bits per heavy atom. The molecule has 1 aromatic heterocycles. The van der Waals surface area contributed by atoms with Crippen LogP contribution in [0, 0.1) is 0 Å². The highest BCUT2D eigenvalue weighted by Crippen LogP contribution is 2.19. The third kappa shape index (κ3) is 2.01. The van der Waals surface area contributed by atoms with Crippen molar-refractivity contribution in [2.75, 3.05) is 13.1 Å². The van der Waals surface area contributed by atoms with Gasteiger partial charge in [-0.05, 0) is 43.1 Å². The Hall–Kier alpha value is -1.02. The molecule has 0 spiro atoms. The highest BCUT2D eigenvalue weighted by molar-refractivity contribution is 5.65. The molecule has 0 saturated heterocycles. The van der Waals surface area contributed by atoms with Gasteiger partial charge in [-0.1, -0.05) is 6.08 Å². The summed E-state index contributed by atoms with van der Waals surface area (Å²) in [4.78, 5) is 0. The zero-order valence-electron chi connectivity index (χ0n) is 8.09. The Labute approximate surface area is 79.3 Å². The van der Waals surface area contributed by atoms with Crippen LogP contribution in [0.4, 0.5) is 0 Å². The monoisotopic (exact) mass is 176 g/mol. The Morgan fingerprint density at radius 2 is 2.31 bits per heavy atom. The van der Waals surface area contributed by atoms with Crippen LogP contribution in [0.25, 0.3) is 5.57 Å². The van der Waals surface area contributed by atoms with E-state index in [1.54, 1.807) is 0 Å². The van der Waals surface area contributed by atoms with E-state index in [4.69, 9.17) is 0 Å². The highest BCUT2D eigenvalue weighted by atomic mass is 14.9. The fraction of sp³-hybridized carbons (Fsp3) is 0.455. The summed E-state index contributed by atoms with van der Waals surface area (Å²) in [6.45, 7) is 2.23. The lowest BCUT2D eigenvalue weighted by atomic mass is 10.1. The van der Waals surface area contributed by atoms with Crippen molar-refractivity contribution >= 4 is 5.57 Å². The molecule has 1 aliphatic rings. The topological polar surface area (TPSA) is 17.0 Å². The molecule has 13 heavy (non-hydrogen) atoms. The first-order valence-corrected chi connectivity index (χ1v) is 4.88. The molecule has 2 heteroatoms. The second-order valence-electron chi connectivity index (χ2n) is 3.58. The van der Waals surface area contributed by atoms with E-state index >= 15 is 0 Å². The van der Waals surface area contributed by atoms with Gasteiger partial charge in [-0.2, -0.15) is 0 Å². The van der Waals surface area contributed by atoms with Crippen molar-refractivity contribution in [3.63, 3.8) is 0 Å². The van der Waals surface area contributed by atoms with Crippen molar-refractivity contribution in [2.45, 2.75) is 12.8 Å². The van der Waals surface area contributed by atoms with Crippen molar-refractivity contribution in [3.05, 3.63) is 30.1 Å². The summed E-state index contributed by atoms with van der Waals surface area (Å²) in [6.07, 6.45) is 8.97. The van der Waals surface area contributed by atoms with Crippen molar-refractivity contribution in [1.82, 2.24) is 9.88 Å².